The van der Waals surface area contributed by atoms with Gasteiger partial charge in [0, 0.05) is 6.42 Å². The van der Waals surface area contributed by atoms with Gasteiger partial charge in [0.05, 0.1) is 11.0 Å². The molecule has 0 spiro atoms. The van der Waals surface area contributed by atoms with Crippen LogP contribution in [0.15, 0.2) is 29.1 Å². The number of hydrogen-bond donors (Lipinski definition) is 2. The second kappa shape index (κ2) is 5.44. The minimum atomic E-state index is -0.810. The van der Waals surface area contributed by atoms with E-state index in [1.165, 1.54) is 0 Å². The summed E-state index contributed by atoms with van der Waals surface area (Å²) in [6.07, 6.45) is 1.85. The molecule has 0 unspecified atom stereocenters. The van der Waals surface area contributed by atoms with Gasteiger partial charge in [-0.3, -0.25) is 9.59 Å². The zero-order valence-corrected chi connectivity index (χ0v) is 9.85. The van der Waals surface area contributed by atoms with Crippen LogP contribution >= 0.6 is 0 Å². The van der Waals surface area contributed by atoms with Crippen LogP contribution in [0, 0.1) is 0 Å². The Labute approximate surface area is 103 Å². The molecular weight excluding hydrogens is 232 g/mol. The van der Waals surface area contributed by atoms with Gasteiger partial charge in [-0.1, -0.05) is 12.1 Å². The van der Waals surface area contributed by atoms with Gasteiger partial charge in [0.25, 0.3) is 5.56 Å². The maximum absolute atomic E-state index is 11.7. The largest absolute Gasteiger partial charge is 0.481 e. The van der Waals surface area contributed by atoms with Crippen molar-refractivity contribution in [3.63, 3.8) is 0 Å². The van der Waals surface area contributed by atoms with Crippen LogP contribution in [-0.2, 0) is 11.2 Å². The van der Waals surface area contributed by atoms with Crippen LogP contribution in [0.5, 0.6) is 0 Å². The van der Waals surface area contributed by atoms with Gasteiger partial charge in [-0.15, -0.1) is 0 Å². The SMILES string of the molecule is O=C(O)CCCCc1nc2ccccc2[nH]c1=O. The molecule has 0 aliphatic carbocycles. The van der Waals surface area contributed by atoms with Crippen molar-refractivity contribution in [3.8, 4) is 0 Å². The van der Waals surface area contributed by atoms with Crippen LogP contribution in [0.2, 0.25) is 0 Å². The van der Waals surface area contributed by atoms with Crippen LogP contribution < -0.4 is 5.56 Å². The number of hydrogen-bond acceptors (Lipinski definition) is 3. The average Bonchev–Trinajstić information content (AvgIpc) is 2.34. The molecule has 0 radical (unpaired) electrons. The van der Waals surface area contributed by atoms with Crippen molar-refractivity contribution >= 4 is 17.0 Å². The predicted molar refractivity (Wildman–Crippen MR) is 67.6 cm³/mol. The number of benzene rings is 1. The molecule has 2 N–H and O–H groups in total. The van der Waals surface area contributed by atoms with E-state index in [0.29, 0.717) is 25.0 Å². The molecule has 2 aromatic rings. The summed E-state index contributed by atoms with van der Waals surface area (Å²) in [5.74, 6) is -0.810. The first-order valence-corrected chi connectivity index (χ1v) is 5.86. The number of nitrogens with one attached hydrogen (secondary N) is 1. The second-order valence-corrected chi connectivity index (χ2v) is 4.13. The molecule has 2 rings (SSSR count). The summed E-state index contributed by atoms with van der Waals surface area (Å²) in [6, 6.07) is 7.35. The maximum Gasteiger partial charge on any atom is 0.303 e. The molecule has 1 aromatic carbocycles. The van der Waals surface area contributed by atoms with E-state index in [4.69, 9.17) is 5.11 Å². The van der Waals surface area contributed by atoms with E-state index in [1.54, 1.807) is 6.07 Å². The number of nitrogens with zero attached hydrogens (tertiary/aromatic N) is 1. The molecule has 0 saturated heterocycles. The van der Waals surface area contributed by atoms with Gasteiger partial charge >= 0.3 is 5.97 Å². The monoisotopic (exact) mass is 246 g/mol. The van der Waals surface area contributed by atoms with Gasteiger partial charge in [0.2, 0.25) is 0 Å². The molecule has 0 aliphatic heterocycles. The molecule has 0 saturated carbocycles. The van der Waals surface area contributed by atoms with Crippen LogP contribution in [0.1, 0.15) is 25.0 Å². The fourth-order valence-electron chi connectivity index (χ4n) is 1.81. The third-order valence-electron chi connectivity index (χ3n) is 2.72. The van der Waals surface area contributed by atoms with Crippen molar-refractivity contribution in [3.05, 3.63) is 40.3 Å². The summed E-state index contributed by atoms with van der Waals surface area (Å²) < 4.78 is 0. The Hall–Kier alpha value is -2.17. The minimum Gasteiger partial charge on any atom is -0.481 e. The molecule has 0 aliphatic rings. The molecule has 5 nitrogen and oxygen atoms in total. The molecular formula is C13H14N2O3. The van der Waals surface area contributed by atoms with Crippen molar-refractivity contribution in [1.29, 1.82) is 0 Å². The number of aryl methyl sites for hydroxylation is 1. The molecule has 94 valence electrons. The smallest absolute Gasteiger partial charge is 0.303 e. The van der Waals surface area contributed by atoms with Crippen LogP contribution in [0.4, 0.5) is 0 Å². The quantitative estimate of drug-likeness (QED) is 0.787. The van der Waals surface area contributed by atoms with Gasteiger partial charge in [0.15, 0.2) is 0 Å². The van der Waals surface area contributed by atoms with Gasteiger partial charge < -0.3 is 10.1 Å². The highest BCUT2D eigenvalue weighted by Crippen LogP contribution is 2.07. The lowest BCUT2D eigenvalue weighted by molar-refractivity contribution is -0.137. The highest BCUT2D eigenvalue weighted by Gasteiger charge is 2.05. The van der Waals surface area contributed by atoms with E-state index < -0.39 is 5.97 Å². The fraction of sp³-hybridized carbons (Fsp3) is 0.308. The maximum atomic E-state index is 11.7. The summed E-state index contributed by atoms with van der Waals surface area (Å²) >= 11 is 0. The number of unbranched alkanes of at least 4 members (excludes halogenated alkanes) is 1. The van der Waals surface area contributed by atoms with E-state index >= 15 is 0 Å². The van der Waals surface area contributed by atoms with Crippen molar-refractivity contribution < 1.29 is 9.90 Å². The number of carbonyl (C=O) groups is 1. The Kier molecular flexibility index (Phi) is 3.72. The summed E-state index contributed by atoms with van der Waals surface area (Å²) in [4.78, 5) is 29.2. The molecule has 18 heavy (non-hydrogen) atoms. The molecule has 0 atom stereocenters. The predicted octanol–water partition coefficient (Wildman–Crippen LogP) is 1.72. The van der Waals surface area contributed by atoms with Gasteiger partial charge in [0.1, 0.15) is 5.69 Å². The second-order valence-electron chi connectivity index (χ2n) is 4.13. The molecule has 0 amide bonds. The summed E-state index contributed by atoms with van der Waals surface area (Å²) in [5, 5.41) is 8.52. The Morgan fingerprint density at radius 3 is 2.83 bits per heavy atom. The standard InChI is InChI=1S/C13H14N2O3/c16-12(17)8-4-3-7-11-13(18)15-10-6-2-1-5-9(10)14-11/h1-2,5-6H,3-4,7-8H2,(H,15,18)(H,16,17). The van der Waals surface area contributed by atoms with Gasteiger partial charge in [-0.2, -0.15) is 0 Å². The number of H-pyrrole nitrogens is 1. The summed E-state index contributed by atoms with van der Waals surface area (Å²) in [5.41, 5.74) is 1.75. The van der Waals surface area contributed by atoms with E-state index in [9.17, 15) is 9.59 Å². The highest BCUT2D eigenvalue weighted by atomic mass is 16.4. The Bertz CT molecular complexity index is 619. The first kappa shape index (κ1) is 12.3. The minimum absolute atomic E-state index is 0.130. The van der Waals surface area contributed by atoms with Crippen LogP contribution in [0.3, 0.4) is 0 Å². The molecule has 1 aromatic heterocycles. The third kappa shape index (κ3) is 2.94. The zero-order chi connectivity index (χ0) is 13.0. The topological polar surface area (TPSA) is 83.0 Å². The van der Waals surface area contributed by atoms with E-state index in [2.05, 4.69) is 9.97 Å². The van der Waals surface area contributed by atoms with Crippen molar-refractivity contribution in [2.75, 3.05) is 0 Å². The lowest BCUT2D eigenvalue weighted by Crippen LogP contribution is -2.15. The zero-order valence-electron chi connectivity index (χ0n) is 9.85. The first-order chi connectivity index (χ1) is 8.66. The molecule has 1 heterocycles. The number of aliphatic carboxylic acids is 1. The number of aromatic amines is 1. The van der Waals surface area contributed by atoms with Crippen molar-refractivity contribution in [2.24, 2.45) is 0 Å². The third-order valence-corrected chi connectivity index (χ3v) is 2.72. The van der Waals surface area contributed by atoms with E-state index in [-0.39, 0.29) is 12.0 Å². The average molecular weight is 246 g/mol. The van der Waals surface area contributed by atoms with Gasteiger partial charge in [-0.05, 0) is 31.4 Å². The fourth-order valence-corrected chi connectivity index (χ4v) is 1.81. The van der Waals surface area contributed by atoms with E-state index in [1.807, 2.05) is 18.2 Å². The molecule has 0 fully saturated rings. The number of carboxylic acid groups (broad SMARTS) is 1. The molecule has 0 bridgehead atoms. The number of rotatable bonds is 5. The number of carboxylic acids is 1. The summed E-state index contributed by atoms with van der Waals surface area (Å²) in [7, 11) is 0. The van der Waals surface area contributed by atoms with E-state index in [0.717, 1.165) is 11.0 Å². The summed E-state index contributed by atoms with van der Waals surface area (Å²) in [6.45, 7) is 0. The Morgan fingerprint density at radius 2 is 2.06 bits per heavy atom. The normalized spacial score (nSPS) is 10.7. The Morgan fingerprint density at radius 1 is 1.28 bits per heavy atom. The number of fused-ring (bicyclic) bond motifs is 1. The highest BCUT2D eigenvalue weighted by molar-refractivity contribution is 5.73. The number of aromatic nitrogens is 2. The van der Waals surface area contributed by atoms with Crippen LogP contribution in [-0.4, -0.2) is 21.0 Å². The van der Waals surface area contributed by atoms with Crippen molar-refractivity contribution in [2.45, 2.75) is 25.7 Å². The van der Waals surface area contributed by atoms with Crippen LogP contribution in [0.25, 0.3) is 11.0 Å². The lowest BCUT2D eigenvalue weighted by atomic mass is 10.1. The number of para-hydroxylation sites is 2. The van der Waals surface area contributed by atoms with Crippen molar-refractivity contribution in [1.82, 2.24) is 9.97 Å². The Balaban J connectivity index is 2.11. The van der Waals surface area contributed by atoms with Gasteiger partial charge in [-0.25, -0.2) is 4.98 Å². The lowest BCUT2D eigenvalue weighted by Gasteiger charge is -2.01. The molecule has 5 heteroatoms. The first-order valence-electron chi connectivity index (χ1n) is 5.86.